The van der Waals surface area contributed by atoms with E-state index in [1.807, 2.05) is 6.07 Å². The molecule has 4 atom stereocenters. The van der Waals surface area contributed by atoms with E-state index in [9.17, 15) is 5.11 Å². The molecule has 22 heavy (non-hydrogen) atoms. The first kappa shape index (κ1) is 15.9. The predicted molar refractivity (Wildman–Crippen MR) is 85.7 cm³/mol. The normalized spacial score (nSPS) is 31.3. The third-order valence-electron chi connectivity index (χ3n) is 5.13. The second-order valence-corrected chi connectivity index (χ2v) is 6.43. The highest BCUT2D eigenvalue weighted by atomic mass is 16.5. The highest BCUT2D eigenvalue weighted by Crippen LogP contribution is 2.31. The fraction of sp³-hybridized carbons (Fsp3) is 0.667. The van der Waals surface area contributed by atoms with Crippen LogP contribution in [0.25, 0.3) is 0 Å². The quantitative estimate of drug-likeness (QED) is 0.906. The first-order chi connectivity index (χ1) is 10.8. The van der Waals surface area contributed by atoms with Crippen molar-refractivity contribution in [2.75, 3.05) is 33.4 Å². The Kier molecular flexibility index (Phi) is 5.47. The second kappa shape index (κ2) is 7.55. The van der Waals surface area contributed by atoms with Crippen molar-refractivity contribution in [2.45, 2.75) is 37.5 Å². The van der Waals surface area contributed by atoms with E-state index in [0.29, 0.717) is 19.3 Å². The zero-order valence-corrected chi connectivity index (χ0v) is 13.4. The molecule has 4 unspecified atom stereocenters. The summed E-state index contributed by atoms with van der Waals surface area (Å²) in [6.45, 7) is 3.34. The van der Waals surface area contributed by atoms with Crippen LogP contribution in [0.1, 0.15) is 30.9 Å². The summed E-state index contributed by atoms with van der Waals surface area (Å²) in [6.07, 6.45) is 2.97. The number of hydrogen-bond donors (Lipinski definition) is 1. The maximum atomic E-state index is 10.3. The van der Waals surface area contributed by atoms with E-state index in [4.69, 9.17) is 9.47 Å². The lowest BCUT2D eigenvalue weighted by Crippen LogP contribution is -2.47. The Morgan fingerprint density at radius 3 is 2.86 bits per heavy atom. The van der Waals surface area contributed by atoms with Crippen LogP contribution in [0.4, 0.5) is 0 Å². The molecule has 4 heteroatoms. The molecule has 2 heterocycles. The summed E-state index contributed by atoms with van der Waals surface area (Å²) in [7, 11) is 1.78. The van der Waals surface area contributed by atoms with Crippen LogP contribution in [0.2, 0.25) is 0 Å². The van der Waals surface area contributed by atoms with Crippen LogP contribution >= 0.6 is 0 Å². The number of ether oxygens (including phenoxy) is 2. The van der Waals surface area contributed by atoms with Crippen LogP contribution in [0.15, 0.2) is 30.3 Å². The summed E-state index contributed by atoms with van der Waals surface area (Å²) in [5, 5.41) is 10.3. The van der Waals surface area contributed by atoms with Crippen molar-refractivity contribution in [2.24, 2.45) is 5.92 Å². The van der Waals surface area contributed by atoms with Gasteiger partial charge < -0.3 is 14.6 Å². The van der Waals surface area contributed by atoms with Crippen LogP contribution < -0.4 is 0 Å². The number of nitrogens with zero attached hydrogens (tertiary/aromatic N) is 1. The van der Waals surface area contributed by atoms with Gasteiger partial charge in [-0.2, -0.15) is 0 Å². The molecule has 0 spiro atoms. The van der Waals surface area contributed by atoms with E-state index in [1.165, 1.54) is 12.0 Å². The molecule has 0 aliphatic carbocycles. The van der Waals surface area contributed by atoms with Crippen LogP contribution in [0.3, 0.4) is 0 Å². The summed E-state index contributed by atoms with van der Waals surface area (Å²) in [5.74, 6) is 0.240. The number of rotatable bonds is 5. The van der Waals surface area contributed by atoms with Crippen molar-refractivity contribution >= 4 is 0 Å². The number of aliphatic hydroxyl groups excluding tert-OH is 1. The number of likely N-dealkylation sites (tertiary alicyclic amines) is 1. The van der Waals surface area contributed by atoms with Gasteiger partial charge in [0.05, 0.1) is 18.8 Å². The second-order valence-electron chi connectivity index (χ2n) is 6.43. The van der Waals surface area contributed by atoms with Gasteiger partial charge in [0.15, 0.2) is 0 Å². The SMILES string of the molecule is COC(CN1CCCC1C1COCCC1O)c1ccccc1. The van der Waals surface area contributed by atoms with E-state index in [0.717, 1.165) is 25.9 Å². The first-order valence-corrected chi connectivity index (χ1v) is 8.37. The molecule has 2 fully saturated rings. The van der Waals surface area contributed by atoms with Crippen LogP contribution in [-0.4, -0.2) is 55.6 Å². The molecule has 2 saturated heterocycles. The highest BCUT2D eigenvalue weighted by Gasteiger charge is 2.38. The minimum absolute atomic E-state index is 0.0865. The van der Waals surface area contributed by atoms with E-state index in [-0.39, 0.29) is 18.1 Å². The van der Waals surface area contributed by atoms with Crippen LogP contribution in [0.5, 0.6) is 0 Å². The summed E-state index contributed by atoms with van der Waals surface area (Å²) < 4.78 is 11.3. The summed E-state index contributed by atoms with van der Waals surface area (Å²) in [4.78, 5) is 2.49. The lowest BCUT2D eigenvalue weighted by atomic mass is 9.89. The average molecular weight is 305 g/mol. The monoisotopic (exact) mass is 305 g/mol. The fourth-order valence-electron chi connectivity index (χ4n) is 3.88. The van der Waals surface area contributed by atoms with Gasteiger partial charge >= 0.3 is 0 Å². The van der Waals surface area contributed by atoms with E-state index >= 15 is 0 Å². The van der Waals surface area contributed by atoms with Crippen molar-refractivity contribution < 1.29 is 14.6 Å². The van der Waals surface area contributed by atoms with Gasteiger partial charge in [0, 0.05) is 32.2 Å². The van der Waals surface area contributed by atoms with Gasteiger partial charge in [0.1, 0.15) is 0 Å². The molecule has 3 rings (SSSR count). The van der Waals surface area contributed by atoms with Crippen molar-refractivity contribution in [1.82, 2.24) is 4.90 Å². The predicted octanol–water partition coefficient (Wildman–Crippen LogP) is 2.24. The molecule has 0 radical (unpaired) electrons. The van der Waals surface area contributed by atoms with Gasteiger partial charge in [0.25, 0.3) is 0 Å². The lowest BCUT2D eigenvalue weighted by molar-refractivity contribution is -0.0678. The van der Waals surface area contributed by atoms with Gasteiger partial charge in [-0.25, -0.2) is 0 Å². The van der Waals surface area contributed by atoms with Gasteiger partial charge in [-0.3, -0.25) is 4.90 Å². The van der Waals surface area contributed by atoms with Crippen molar-refractivity contribution in [3.8, 4) is 0 Å². The number of aliphatic hydroxyl groups is 1. The molecule has 1 aromatic carbocycles. The minimum Gasteiger partial charge on any atom is -0.393 e. The summed E-state index contributed by atoms with van der Waals surface area (Å²) in [5.41, 5.74) is 1.22. The lowest BCUT2D eigenvalue weighted by Gasteiger charge is -2.38. The molecular weight excluding hydrogens is 278 g/mol. The summed E-state index contributed by atoms with van der Waals surface area (Å²) in [6, 6.07) is 10.8. The molecule has 2 aliphatic heterocycles. The minimum atomic E-state index is -0.225. The summed E-state index contributed by atoms with van der Waals surface area (Å²) >= 11 is 0. The molecular formula is C18H27NO3. The van der Waals surface area contributed by atoms with Crippen LogP contribution in [-0.2, 0) is 9.47 Å². The average Bonchev–Trinajstić information content (AvgIpc) is 3.02. The first-order valence-electron chi connectivity index (χ1n) is 8.37. The number of methoxy groups -OCH3 is 1. The topological polar surface area (TPSA) is 41.9 Å². The van der Waals surface area contributed by atoms with Gasteiger partial charge in [-0.05, 0) is 31.4 Å². The Morgan fingerprint density at radius 2 is 2.14 bits per heavy atom. The number of hydrogen-bond acceptors (Lipinski definition) is 4. The molecule has 0 bridgehead atoms. The molecule has 1 aromatic rings. The maximum Gasteiger partial charge on any atom is 0.0948 e. The van der Waals surface area contributed by atoms with E-state index in [1.54, 1.807) is 7.11 Å². The largest absolute Gasteiger partial charge is 0.393 e. The van der Waals surface area contributed by atoms with Crippen molar-refractivity contribution in [3.05, 3.63) is 35.9 Å². The molecule has 2 aliphatic rings. The van der Waals surface area contributed by atoms with Crippen LogP contribution in [0, 0.1) is 5.92 Å². The number of benzene rings is 1. The fourth-order valence-corrected chi connectivity index (χ4v) is 3.88. The molecule has 0 aromatic heterocycles. The smallest absolute Gasteiger partial charge is 0.0948 e. The molecule has 0 amide bonds. The third kappa shape index (κ3) is 3.51. The zero-order valence-electron chi connectivity index (χ0n) is 13.4. The van der Waals surface area contributed by atoms with E-state index in [2.05, 4.69) is 29.2 Å². The Hall–Kier alpha value is -0.940. The maximum absolute atomic E-state index is 10.3. The Labute approximate surface area is 133 Å². The van der Waals surface area contributed by atoms with Gasteiger partial charge in [0.2, 0.25) is 0 Å². The standard InChI is InChI=1S/C18H27NO3/c1-21-18(14-6-3-2-4-7-14)12-19-10-5-8-16(19)15-13-22-11-9-17(15)20/h2-4,6-7,15-18,20H,5,8-13H2,1H3. The van der Waals surface area contributed by atoms with Crippen molar-refractivity contribution in [3.63, 3.8) is 0 Å². The molecule has 4 nitrogen and oxygen atoms in total. The molecule has 122 valence electrons. The third-order valence-corrected chi connectivity index (χ3v) is 5.13. The molecule has 0 saturated carbocycles. The van der Waals surface area contributed by atoms with E-state index < -0.39 is 0 Å². The Balaban J connectivity index is 1.67. The van der Waals surface area contributed by atoms with Gasteiger partial charge in [-0.1, -0.05) is 30.3 Å². The zero-order chi connectivity index (χ0) is 15.4. The molecule has 1 N–H and O–H groups in total. The Bertz CT molecular complexity index is 453. The Morgan fingerprint density at radius 1 is 1.32 bits per heavy atom. The van der Waals surface area contributed by atoms with Crippen molar-refractivity contribution in [1.29, 1.82) is 0 Å². The highest BCUT2D eigenvalue weighted by molar-refractivity contribution is 5.18. The van der Waals surface area contributed by atoms with Gasteiger partial charge in [-0.15, -0.1) is 0 Å².